The van der Waals surface area contributed by atoms with E-state index in [-0.39, 0.29) is 5.41 Å². The highest BCUT2D eigenvalue weighted by molar-refractivity contribution is 7.15. The molecule has 0 radical (unpaired) electrons. The SMILES string of the molecule is CCNCc1sc(N(CC)CC(C)CC)nc1C(C)(C)C. The van der Waals surface area contributed by atoms with E-state index < -0.39 is 0 Å². The lowest BCUT2D eigenvalue weighted by Crippen LogP contribution is -2.28. The Morgan fingerprint density at radius 2 is 1.90 bits per heavy atom. The zero-order valence-electron chi connectivity index (χ0n) is 14.9. The van der Waals surface area contributed by atoms with Gasteiger partial charge in [-0.25, -0.2) is 4.98 Å². The fourth-order valence-corrected chi connectivity index (χ4v) is 3.58. The Balaban J connectivity index is 3.03. The first kappa shape index (κ1) is 18.4. The third-order valence-corrected chi connectivity index (χ3v) is 4.93. The summed E-state index contributed by atoms with van der Waals surface area (Å²) in [6.45, 7) is 19.8. The largest absolute Gasteiger partial charge is 0.348 e. The van der Waals surface area contributed by atoms with Gasteiger partial charge in [0, 0.05) is 29.9 Å². The molecule has 0 aliphatic rings. The van der Waals surface area contributed by atoms with Crippen molar-refractivity contribution in [3.63, 3.8) is 0 Å². The van der Waals surface area contributed by atoms with Gasteiger partial charge in [-0.1, -0.05) is 48.0 Å². The molecule has 1 heterocycles. The van der Waals surface area contributed by atoms with E-state index in [4.69, 9.17) is 4.98 Å². The fraction of sp³-hybridized carbons (Fsp3) is 0.824. The summed E-state index contributed by atoms with van der Waals surface area (Å²) in [6.07, 6.45) is 1.22. The molecule has 21 heavy (non-hydrogen) atoms. The Morgan fingerprint density at radius 3 is 2.38 bits per heavy atom. The maximum absolute atomic E-state index is 5.00. The number of nitrogens with one attached hydrogen (secondary N) is 1. The molecule has 1 rings (SSSR count). The van der Waals surface area contributed by atoms with Gasteiger partial charge in [0.25, 0.3) is 0 Å². The monoisotopic (exact) mass is 311 g/mol. The molecule has 0 bridgehead atoms. The summed E-state index contributed by atoms with van der Waals surface area (Å²) in [5, 5.41) is 4.64. The van der Waals surface area contributed by atoms with Gasteiger partial charge in [-0.2, -0.15) is 0 Å². The van der Waals surface area contributed by atoms with Crippen LogP contribution in [0, 0.1) is 5.92 Å². The Bertz CT molecular complexity index is 420. The molecule has 1 atom stereocenters. The molecular formula is C17H33N3S. The van der Waals surface area contributed by atoms with Crippen LogP contribution in [-0.4, -0.2) is 24.6 Å². The topological polar surface area (TPSA) is 28.2 Å². The summed E-state index contributed by atoms with van der Waals surface area (Å²) in [5.74, 6) is 0.712. The average Bonchev–Trinajstić information content (AvgIpc) is 2.86. The molecule has 1 unspecified atom stereocenters. The van der Waals surface area contributed by atoms with Crippen molar-refractivity contribution in [2.75, 3.05) is 24.5 Å². The van der Waals surface area contributed by atoms with Crippen molar-refractivity contribution in [1.82, 2.24) is 10.3 Å². The van der Waals surface area contributed by atoms with Crippen molar-refractivity contribution in [1.29, 1.82) is 0 Å². The molecule has 0 aromatic carbocycles. The number of anilines is 1. The lowest BCUT2D eigenvalue weighted by Gasteiger charge is -2.23. The van der Waals surface area contributed by atoms with Crippen molar-refractivity contribution in [3.8, 4) is 0 Å². The molecule has 0 spiro atoms. The molecule has 122 valence electrons. The lowest BCUT2D eigenvalue weighted by molar-refractivity contribution is 0.541. The van der Waals surface area contributed by atoms with Gasteiger partial charge < -0.3 is 10.2 Å². The number of hydrogen-bond acceptors (Lipinski definition) is 4. The predicted octanol–water partition coefficient (Wildman–Crippen LogP) is 4.42. The molecule has 1 aromatic rings. The summed E-state index contributed by atoms with van der Waals surface area (Å²) >= 11 is 1.86. The minimum absolute atomic E-state index is 0.106. The zero-order chi connectivity index (χ0) is 16.0. The third-order valence-electron chi connectivity index (χ3n) is 3.81. The van der Waals surface area contributed by atoms with Crippen molar-refractivity contribution in [3.05, 3.63) is 10.6 Å². The lowest BCUT2D eigenvalue weighted by atomic mass is 9.91. The van der Waals surface area contributed by atoms with Gasteiger partial charge in [-0.3, -0.25) is 0 Å². The number of aromatic nitrogens is 1. The van der Waals surface area contributed by atoms with Crippen LogP contribution in [-0.2, 0) is 12.0 Å². The smallest absolute Gasteiger partial charge is 0.185 e. The van der Waals surface area contributed by atoms with Crippen LogP contribution in [0.25, 0.3) is 0 Å². The van der Waals surface area contributed by atoms with Crippen LogP contribution < -0.4 is 10.2 Å². The van der Waals surface area contributed by atoms with Crippen LogP contribution in [0.2, 0.25) is 0 Å². The van der Waals surface area contributed by atoms with Gasteiger partial charge in [0.1, 0.15) is 0 Å². The summed E-state index contributed by atoms with van der Waals surface area (Å²) in [4.78, 5) is 8.82. The van der Waals surface area contributed by atoms with E-state index >= 15 is 0 Å². The van der Waals surface area contributed by atoms with Crippen LogP contribution in [0.3, 0.4) is 0 Å². The summed E-state index contributed by atoms with van der Waals surface area (Å²) in [5.41, 5.74) is 1.36. The highest BCUT2D eigenvalue weighted by Crippen LogP contribution is 2.34. The maximum Gasteiger partial charge on any atom is 0.185 e. The Kier molecular flexibility index (Phi) is 7.14. The summed E-state index contributed by atoms with van der Waals surface area (Å²) in [7, 11) is 0. The van der Waals surface area contributed by atoms with Gasteiger partial charge in [0.2, 0.25) is 0 Å². The Labute approximate surface area is 135 Å². The van der Waals surface area contributed by atoms with E-state index in [2.05, 4.69) is 58.7 Å². The molecule has 0 fully saturated rings. The van der Waals surface area contributed by atoms with Gasteiger partial charge in [-0.15, -0.1) is 11.3 Å². The van der Waals surface area contributed by atoms with Gasteiger partial charge in [0.05, 0.1) is 5.69 Å². The van der Waals surface area contributed by atoms with E-state index in [1.807, 2.05) is 11.3 Å². The third kappa shape index (κ3) is 5.26. The molecule has 0 saturated heterocycles. The van der Waals surface area contributed by atoms with E-state index in [9.17, 15) is 0 Å². The van der Waals surface area contributed by atoms with Gasteiger partial charge >= 0.3 is 0 Å². The van der Waals surface area contributed by atoms with Crippen LogP contribution in [0.15, 0.2) is 0 Å². The first-order chi connectivity index (χ1) is 9.83. The minimum atomic E-state index is 0.106. The molecule has 4 heteroatoms. The molecule has 3 nitrogen and oxygen atoms in total. The van der Waals surface area contributed by atoms with Crippen LogP contribution in [0.1, 0.15) is 65.5 Å². The van der Waals surface area contributed by atoms with Crippen molar-refractivity contribution in [2.45, 2.75) is 66.8 Å². The maximum atomic E-state index is 5.00. The van der Waals surface area contributed by atoms with Crippen LogP contribution in [0.4, 0.5) is 5.13 Å². The number of rotatable bonds is 8. The quantitative estimate of drug-likeness (QED) is 0.770. The standard InChI is InChI=1S/C17H33N3S/c1-8-13(4)12-20(10-3)16-19-15(17(5,6)7)14(21-16)11-18-9-2/h13,18H,8-12H2,1-7H3. The molecule has 0 aliphatic heterocycles. The zero-order valence-corrected chi connectivity index (χ0v) is 15.7. The van der Waals surface area contributed by atoms with Gasteiger partial charge in [-0.05, 0) is 19.4 Å². The average molecular weight is 312 g/mol. The fourth-order valence-electron chi connectivity index (χ4n) is 2.27. The van der Waals surface area contributed by atoms with Gasteiger partial charge in [0.15, 0.2) is 5.13 Å². The van der Waals surface area contributed by atoms with Crippen LogP contribution in [0.5, 0.6) is 0 Å². The van der Waals surface area contributed by atoms with E-state index in [1.54, 1.807) is 0 Å². The first-order valence-corrected chi connectivity index (χ1v) is 9.10. The summed E-state index contributed by atoms with van der Waals surface area (Å²) in [6, 6.07) is 0. The van der Waals surface area contributed by atoms with E-state index in [0.717, 1.165) is 26.2 Å². The Morgan fingerprint density at radius 1 is 1.24 bits per heavy atom. The predicted molar refractivity (Wildman–Crippen MR) is 95.5 cm³/mol. The summed E-state index contributed by atoms with van der Waals surface area (Å²) < 4.78 is 0. The van der Waals surface area contributed by atoms with E-state index in [1.165, 1.54) is 22.1 Å². The number of hydrogen-bond donors (Lipinski definition) is 1. The molecule has 1 N–H and O–H groups in total. The highest BCUT2D eigenvalue weighted by atomic mass is 32.1. The first-order valence-electron chi connectivity index (χ1n) is 8.29. The molecule has 0 aliphatic carbocycles. The molecule has 1 aromatic heterocycles. The Hall–Kier alpha value is -0.610. The van der Waals surface area contributed by atoms with Crippen molar-refractivity contribution in [2.24, 2.45) is 5.92 Å². The molecule has 0 amide bonds. The second kappa shape index (κ2) is 8.14. The highest BCUT2D eigenvalue weighted by Gasteiger charge is 2.24. The number of nitrogens with zero attached hydrogens (tertiary/aromatic N) is 2. The number of thiazole rings is 1. The van der Waals surface area contributed by atoms with Crippen molar-refractivity contribution < 1.29 is 0 Å². The van der Waals surface area contributed by atoms with Crippen molar-refractivity contribution >= 4 is 16.5 Å². The normalized spacial score (nSPS) is 13.5. The van der Waals surface area contributed by atoms with Crippen LogP contribution >= 0.6 is 11.3 Å². The van der Waals surface area contributed by atoms with E-state index in [0.29, 0.717) is 5.92 Å². The second-order valence-electron chi connectivity index (χ2n) is 6.85. The molecule has 0 saturated carbocycles. The second-order valence-corrected chi connectivity index (χ2v) is 7.91. The minimum Gasteiger partial charge on any atom is -0.348 e. The molecular weight excluding hydrogens is 278 g/mol.